The highest BCUT2D eigenvalue weighted by molar-refractivity contribution is 6.32. The number of esters is 1. The Kier molecular flexibility index (Phi) is 5.59. The Balaban J connectivity index is 3.02. The Hall–Kier alpha value is -1.61. The van der Waals surface area contributed by atoms with E-state index in [0.717, 1.165) is 0 Å². The van der Waals surface area contributed by atoms with Gasteiger partial charge in [-0.25, -0.2) is 4.79 Å². The van der Waals surface area contributed by atoms with Crippen molar-refractivity contribution in [2.75, 3.05) is 6.61 Å². The molecule has 0 unspecified atom stereocenters. The summed E-state index contributed by atoms with van der Waals surface area (Å²) in [5.74, 6) is -0.944. The fraction of sp³-hybridized carbons (Fsp3) is 0.286. The summed E-state index contributed by atoms with van der Waals surface area (Å²) in [7, 11) is 0. The van der Waals surface area contributed by atoms with E-state index in [-0.39, 0.29) is 11.4 Å². The standard InChI is InChI=1S/C14H15ClO3/c1-3-8-18-14(17)12(10(2)16)9-11-6-4-5-7-13(11)15/h4-7,9H,3,8H2,1-2H3. The van der Waals surface area contributed by atoms with Crippen LogP contribution in [0.1, 0.15) is 25.8 Å². The molecular formula is C14H15ClO3. The van der Waals surface area contributed by atoms with Gasteiger partial charge in [0.05, 0.1) is 6.61 Å². The smallest absolute Gasteiger partial charge is 0.341 e. The quantitative estimate of drug-likeness (QED) is 0.356. The molecule has 0 spiro atoms. The van der Waals surface area contributed by atoms with E-state index in [4.69, 9.17) is 16.3 Å². The van der Waals surface area contributed by atoms with E-state index in [1.54, 1.807) is 24.3 Å². The zero-order chi connectivity index (χ0) is 13.5. The first-order valence-corrected chi connectivity index (χ1v) is 6.08. The van der Waals surface area contributed by atoms with E-state index < -0.39 is 5.97 Å². The molecule has 0 aliphatic heterocycles. The molecule has 0 heterocycles. The van der Waals surface area contributed by atoms with Gasteiger partial charge in [-0.3, -0.25) is 4.79 Å². The number of carbonyl (C=O) groups excluding carboxylic acids is 2. The van der Waals surface area contributed by atoms with Crippen molar-refractivity contribution >= 4 is 29.4 Å². The molecule has 0 atom stereocenters. The van der Waals surface area contributed by atoms with Gasteiger partial charge in [0.1, 0.15) is 5.57 Å². The Bertz CT molecular complexity index is 478. The van der Waals surface area contributed by atoms with Gasteiger partial charge in [-0.05, 0) is 31.1 Å². The fourth-order valence-electron chi connectivity index (χ4n) is 1.32. The van der Waals surface area contributed by atoms with E-state index in [1.807, 2.05) is 6.92 Å². The maximum Gasteiger partial charge on any atom is 0.341 e. The van der Waals surface area contributed by atoms with Crippen molar-refractivity contribution in [3.63, 3.8) is 0 Å². The first-order valence-electron chi connectivity index (χ1n) is 5.70. The second-order valence-corrected chi connectivity index (χ2v) is 4.18. The summed E-state index contributed by atoms with van der Waals surface area (Å²) in [6.07, 6.45) is 2.17. The van der Waals surface area contributed by atoms with Crippen molar-refractivity contribution in [1.82, 2.24) is 0 Å². The Labute approximate surface area is 111 Å². The molecule has 3 nitrogen and oxygen atoms in total. The number of halogens is 1. The molecule has 4 heteroatoms. The average molecular weight is 267 g/mol. The Morgan fingerprint density at radius 2 is 2.00 bits per heavy atom. The molecule has 0 saturated carbocycles. The van der Waals surface area contributed by atoms with Crippen LogP contribution < -0.4 is 0 Å². The van der Waals surface area contributed by atoms with E-state index in [1.165, 1.54) is 13.0 Å². The van der Waals surface area contributed by atoms with E-state index in [0.29, 0.717) is 23.6 Å². The summed E-state index contributed by atoms with van der Waals surface area (Å²) >= 11 is 5.97. The van der Waals surface area contributed by atoms with Gasteiger partial charge >= 0.3 is 5.97 Å². The second-order valence-electron chi connectivity index (χ2n) is 3.77. The van der Waals surface area contributed by atoms with Gasteiger partial charge in [-0.15, -0.1) is 0 Å². The summed E-state index contributed by atoms with van der Waals surface area (Å²) in [5, 5.41) is 0.486. The van der Waals surface area contributed by atoms with Crippen LogP contribution in [0.3, 0.4) is 0 Å². The first-order chi connectivity index (χ1) is 8.56. The lowest BCUT2D eigenvalue weighted by Gasteiger charge is -2.05. The average Bonchev–Trinajstić information content (AvgIpc) is 2.34. The highest BCUT2D eigenvalue weighted by atomic mass is 35.5. The minimum Gasteiger partial charge on any atom is -0.462 e. The molecule has 0 N–H and O–H groups in total. The van der Waals surface area contributed by atoms with Gasteiger partial charge < -0.3 is 4.74 Å². The van der Waals surface area contributed by atoms with Crippen molar-refractivity contribution < 1.29 is 14.3 Å². The second kappa shape index (κ2) is 6.97. The number of ether oxygens (including phenoxy) is 1. The highest BCUT2D eigenvalue weighted by Crippen LogP contribution is 2.19. The SMILES string of the molecule is CCCOC(=O)C(=Cc1ccccc1Cl)C(C)=O. The predicted octanol–water partition coefficient (Wildman–Crippen LogP) is 3.27. The summed E-state index contributed by atoms with van der Waals surface area (Å²) in [6, 6.07) is 7.00. The maximum atomic E-state index is 11.7. The van der Waals surface area contributed by atoms with Gasteiger partial charge in [-0.2, -0.15) is 0 Å². The summed E-state index contributed by atoms with van der Waals surface area (Å²) < 4.78 is 4.96. The monoisotopic (exact) mass is 266 g/mol. The molecular weight excluding hydrogens is 252 g/mol. The number of rotatable bonds is 5. The lowest BCUT2D eigenvalue weighted by molar-refractivity contribution is -0.140. The molecule has 1 rings (SSSR count). The zero-order valence-corrected chi connectivity index (χ0v) is 11.2. The molecule has 0 radical (unpaired) electrons. The van der Waals surface area contributed by atoms with Crippen LogP contribution in [0.25, 0.3) is 6.08 Å². The van der Waals surface area contributed by atoms with Gasteiger partial charge in [0.15, 0.2) is 5.78 Å². The Morgan fingerprint density at radius 1 is 1.33 bits per heavy atom. The van der Waals surface area contributed by atoms with Crippen LogP contribution in [0.2, 0.25) is 5.02 Å². The third kappa shape index (κ3) is 4.00. The summed E-state index contributed by atoms with van der Waals surface area (Å²) in [5.41, 5.74) is 0.634. The molecule has 1 aromatic rings. The van der Waals surface area contributed by atoms with Crippen molar-refractivity contribution in [1.29, 1.82) is 0 Å². The van der Waals surface area contributed by atoms with E-state index >= 15 is 0 Å². The number of carbonyl (C=O) groups is 2. The molecule has 0 amide bonds. The van der Waals surface area contributed by atoms with Crippen LogP contribution in [0.15, 0.2) is 29.8 Å². The topological polar surface area (TPSA) is 43.4 Å². The lowest BCUT2D eigenvalue weighted by Crippen LogP contribution is -2.14. The van der Waals surface area contributed by atoms with E-state index in [9.17, 15) is 9.59 Å². The molecule has 0 saturated heterocycles. The van der Waals surface area contributed by atoms with Crippen LogP contribution >= 0.6 is 11.6 Å². The number of benzene rings is 1. The minimum absolute atomic E-state index is 0.0107. The largest absolute Gasteiger partial charge is 0.462 e. The maximum absolute atomic E-state index is 11.7. The van der Waals surface area contributed by atoms with Crippen LogP contribution in [0.4, 0.5) is 0 Å². The first kappa shape index (κ1) is 14.5. The van der Waals surface area contributed by atoms with Crippen molar-refractivity contribution in [3.05, 3.63) is 40.4 Å². The van der Waals surface area contributed by atoms with Crippen molar-refractivity contribution in [2.24, 2.45) is 0 Å². The van der Waals surface area contributed by atoms with Gasteiger partial charge in [0.2, 0.25) is 0 Å². The molecule has 0 aliphatic rings. The molecule has 0 fully saturated rings. The van der Waals surface area contributed by atoms with Gasteiger partial charge in [0, 0.05) is 5.02 Å². The summed E-state index contributed by atoms with van der Waals surface area (Å²) in [6.45, 7) is 3.51. The zero-order valence-electron chi connectivity index (χ0n) is 10.4. The number of ketones is 1. The van der Waals surface area contributed by atoms with Crippen LogP contribution in [-0.2, 0) is 14.3 Å². The van der Waals surface area contributed by atoms with Crippen LogP contribution in [-0.4, -0.2) is 18.4 Å². The van der Waals surface area contributed by atoms with E-state index in [2.05, 4.69) is 0 Å². The third-order valence-corrected chi connectivity index (χ3v) is 2.59. The van der Waals surface area contributed by atoms with Crippen molar-refractivity contribution in [3.8, 4) is 0 Å². The van der Waals surface area contributed by atoms with Crippen LogP contribution in [0.5, 0.6) is 0 Å². The minimum atomic E-state index is -0.607. The fourth-order valence-corrected chi connectivity index (χ4v) is 1.51. The number of Topliss-reactive ketones (excluding diaryl/α,β-unsaturated/α-hetero) is 1. The lowest BCUT2D eigenvalue weighted by atomic mass is 10.1. The van der Waals surface area contributed by atoms with Crippen molar-refractivity contribution in [2.45, 2.75) is 20.3 Å². The molecule has 96 valence electrons. The summed E-state index contributed by atoms with van der Waals surface area (Å²) in [4.78, 5) is 23.2. The number of hydrogen-bond donors (Lipinski definition) is 0. The van der Waals surface area contributed by atoms with Crippen LogP contribution in [0, 0.1) is 0 Å². The molecule has 0 aromatic heterocycles. The molecule has 0 bridgehead atoms. The highest BCUT2D eigenvalue weighted by Gasteiger charge is 2.16. The van der Waals surface area contributed by atoms with Gasteiger partial charge in [-0.1, -0.05) is 36.7 Å². The molecule has 1 aromatic carbocycles. The molecule has 18 heavy (non-hydrogen) atoms. The normalized spacial score (nSPS) is 11.2. The number of hydrogen-bond acceptors (Lipinski definition) is 3. The van der Waals surface area contributed by atoms with Gasteiger partial charge in [0.25, 0.3) is 0 Å². The predicted molar refractivity (Wildman–Crippen MR) is 71.4 cm³/mol. The Morgan fingerprint density at radius 3 is 2.56 bits per heavy atom. The molecule has 0 aliphatic carbocycles. The third-order valence-electron chi connectivity index (χ3n) is 2.24.